The quantitative estimate of drug-likeness (QED) is 0.600. The lowest BCUT2D eigenvalue weighted by Crippen LogP contribution is -2.01. The van der Waals surface area contributed by atoms with Gasteiger partial charge in [-0.1, -0.05) is 19.1 Å². The first-order valence-corrected chi connectivity index (χ1v) is 4.72. The maximum absolute atomic E-state index is 12.9. The van der Waals surface area contributed by atoms with Gasteiger partial charge in [-0.25, -0.2) is 4.39 Å². The molecule has 1 rings (SSSR count). The average Bonchev–Trinajstić information content (AvgIpc) is 2.08. The fraction of sp³-hybridized carbons (Fsp3) is 0.222. The molecule has 0 saturated heterocycles. The van der Waals surface area contributed by atoms with Crippen LogP contribution in [0.2, 0.25) is 0 Å². The van der Waals surface area contributed by atoms with Crippen molar-refractivity contribution >= 4 is 28.4 Å². The molecule has 0 saturated carbocycles. The van der Waals surface area contributed by atoms with Crippen LogP contribution in [0.1, 0.15) is 23.7 Å². The first kappa shape index (κ1) is 9.64. The lowest BCUT2D eigenvalue weighted by atomic mass is 10.1. The molecule has 12 heavy (non-hydrogen) atoms. The van der Waals surface area contributed by atoms with Gasteiger partial charge in [0.2, 0.25) is 0 Å². The second-order valence-electron chi connectivity index (χ2n) is 2.38. The van der Waals surface area contributed by atoms with Crippen molar-refractivity contribution in [1.29, 1.82) is 0 Å². The van der Waals surface area contributed by atoms with Crippen LogP contribution < -0.4 is 0 Å². The molecule has 0 heterocycles. The van der Waals surface area contributed by atoms with Gasteiger partial charge >= 0.3 is 0 Å². The van der Waals surface area contributed by atoms with Crippen molar-refractivity contribution in [1.82, 2.24) is 0 Å². The van der Waals surface area contributed by atoms with Crippen molar-refractivity contribution in [2.75, 3.05) is 0 Å². The van der Waals surface area contributed by atoms with Crippen LogP contribution in [0.25, 0.3) is 0 Å². The first-order chi connectivity index (χ1) is 5.66. The molecule has 0 atom stereocenters. The Morgan fingerprint density at radius 3 is 2.83 bits per heavy atom. The molecule has 0 aromatic heterocycles. The van der Waals surface area contributed by atoms with Gasteiger partial charge in [-0.15, -0.1) is 0 Å². The van der Waals surface area contributed by atoms with Crippen LogP contribution in [0.5, 0.6) is 0 Å². The number of ketones is 1. The van der Waals surface area contributed by atoms with Crippen LogP contribution in [0, 0.1) is 9.39 Å². The van der Waals surface area contributed by atoms with Crippen LogP contribution in [0.4, 0.5) is 4.39 Å². The van der Waals surface area contributed by atoms with E-state index in [1.807, 2.05) is 22.6 Å². The minimum Gasteiger partial charge on any atom is -0.294 e. The van der Waals surface area contributed by atoms with Crippen LogP contribution in [0.3, 0.4) is 0 Å². The monoisotopic (exact) mass is 278 g/mol. The van der Waals surface area contributed by atoms with E-state index in [0.29, 0.717) is 15.6 Å². The highest BCUT2D eigenvalue weighted by atomic mass is 127. The largest absolute Gasteiger partial charge is 0.294 e. The fourth-order valence-electron chi connectivity index (χ4n) is 0.910. The van der Waals surface area contributed by atoms with Crippen molar-refractivity contribution in [3.05, 3.63) is 33.1 Å². The Bertz CT molecular complexity index is 309. The Balaban J connectivity index is 3.16. The molecule has 64 valence electrons. The predicted octanol–water partition coefficient (Wildman–Crippen LogP) is 3.02. The summed E-state index contributed by atoms with van der Waals surface area (Å²) < 4.78 is 13.3. The Morgan fingerprint density at radius 1 is 1.58 bits per heavy atom. The number of rotatable bonds is 2. The standard InChI is InChI=1S/C9H8FIO/c1-2-8(12)6-4-3-5-7(10)9(6)11/h3-5H,2H2,1H3. The zero-order chi connectivity index (χ0) is 9.14. The number of Topliss-reactive ketones (excluding diaryl/α,β-unsaturated/α-hetero) is 1. The second-order valence-corrected chi connectivity index (χ2v) is 3.46. The van der Waals surface area contributed by atoms with E-state index in [1.54, 1.807) is 19.1 Å². The van der Waals surface area contributed by atoms with Crippen LogP contribution in [-0.4, -0.2) is 5.78 Å². The number of hydrogen-bond donors (Lipinski definition) is 0. The summed E-state index contributed by atoms with van der Waals surface area (Å²) in [7, 11) is 0. The van der Waals surface area contributed by atoms with Crippen molar-refractivity contribution in [3.63, 3.8) is 0 Å². The molecule has 0 fully saturated rings. The van der Waals surface area contributed by atoms with E-state index in [4.69, 9.17) is 0 Å². The van der Waals surface area contributed by atoms with Gasteiger partial charge < -0.3 is 0 Å². The van der Waals surface area contributed by atoms with Gasteiger partial charge in [-0.3, -0.25) is 4.79 Å². The highest BCUT2D eigenvalue weighted by molar-refractivity contribution is 14.1. The van der Waals surface area contributed by atoms with Gasteiger partial charge in [0.1, 0.15) is 5.82 Å². The smallest absolute Gasteiger partial charge is 0.163 e. The number of carbonyl (C=O) groups excluding carboxylic acids is 1. The Labute approximate surface area is 84.1 Å². The Kier molecular flexibility index (Phi) is 3.20. The van der Waals surface area contributed by atoms with Crippen LogP contribution >= 0.6 is 22.6 Å². The zero-order valence-electron chi connectivity index (χ0n) is 6.60. The topological polar surface area (TPSA) is 17.1 Å². The van der Waals surface area contributed by atoms with Crippen molar-refractivity contribution in [2.24, 2.45) is 0 Å². The Morgan fingerprint density at radius 2 is 2.25 bits per heavy atom. The molecular weight excluding hydrogens is 270 g/mol. The molecular formula is C9H8FIO. The molecule has 0 aliphatic carbocycles. The molecule has 3 heteroatoms. The summed E-state index contributed by atoms with van der Waals surface area (Å²) in [4.78, 5) is 11.2. The van der Waals surface area contributed by atoms with Gasteiger partial charge in [0.25, 0.3) is 0 Å². The first-order valence-electron chi connectivity index (χ1n) is 3.64. The highest BCUT2D eigenvalue weighted by Crippen LogP contribution is 2.17. The number of halogens is 2. The normalized spacial score (nSPS) is 9.92. The molecule has 0 amide bonds. The van der Waals surface area contributed by atoms with Gasteiger partial charge in [0.05, 0.1) is 3.57 Å². The van der Waals surface area contributed by atoms with Crippen molar-refractivity contribution in [3.8, 4) is 0 Å². The van der Waals surface area contributed by atoms with Crippen LogP contribution in [0.15, 0.2) is 18.2 Å². The molecule has 0 N–H and O–H groups in total. The van der Waals surface area contributed by atoms with E-state index in [9.17, 15) is 9.18 Å². The minimum absolute atomic E-state index is 0.0149. The third-order valence-corrected chi connectivity index (χ3v) is 2.67. The van der Waals surface area contributed by atoms with E-state index in [-0.39, 0.29) is 11.6 Å². The van der Waals surface area contributed by atoms with Gasteiger partial charge in [0.15, 0.2) is 5.78 Å². The molecule has 0 radical (unpaired) electrons. The van der Waals surface area contributed by atoms with Gasteiger partial charge in [-0.2, -0.15) is 0 Å². The number of benzene rings is 1. The predicted molar refractivity (Wildman–Crippen MR) is 53.7 cm³/mol. The molecule has 0 aliphatic heterocycles. The zero-order valence-corrected chi connectivity index (χ0v) is 8.76. The van der Waals surface area contributed by atoms with Crippen LogP contribution in [-0.2, 0) is 0 Å². The van der Waals surface area contributed by atoms with E-state index in [0.717, 1.165) is 0 Å². The molecule has 0 unspecified atom stereocenters. The van der Waals surface area contributed by atoms with Crippen molar-refractivity contribution < 1.29 is 9.18 Å². The third-order valence-electron chi connectivity index (χ3n) is 1.57. The SMILES string of the molecule is CCC(=O)c1cccc(F)c1I. The lowest BCUT2D eigenvalue weighted by molar-refractivity contribution is 0.0987. The molecule has 0 spiro atoms. The van der Waals surface area contributed by atoms with Gasteiger partial charge in [0, 0.05) is 12.0 Å². The summed E-state index contributed by atoms with van der Waals surface area (Å²) in [5.74, 6) is -0.339. The highest BCUT2D eigenvalue weighted by Gasteiger charge is 2.10. The van der Waals surface area contributed by atoms with E-state index < -0.39 is 0 Å². The summed E-state index contributed by atoms with van der Waals surface area (Å²) in [5.41, 5.74) is 0.484. The summed E-state index contributed by atoms with van der Waals surface area (Å²) in [6.45, 7) is 1.77. The fourth-order valence-corrected chi connectivity index (χ4v) is 1.57. The summed E-state index contributed by atoms with van der Waals surface area (Å²) in [6, 6.07) is 4.56. The molecule has 0 bridgehead atoms. The van der Waals surface area contributed by atoms with Gasteiger partial charge in [-0.05, 0) is 28.7 Å². The number of hydrogen-bond acceptors (Lipinski definition) is 1. The third kappa shape index (κ3) is 1.83. The van der Waals surface area contributed by atoms with E-state index in [2.05, 4.69) is 0 Å². The molecule has 0 aliphatic rings. The van der Waals surface area contributed by atoms with E-state index >= 15 is 0 Å². The molecule has 1 nitrogen and oxygen atoms in total. The maximum Gasteiger partial charge on any atom is 0.163 e. The average molecular weight is 278 g/mol. The lowest BCUT2D eigenvalue weighted by Gasteiger charge is -2.01. The Hall–Kier alpha value is -0.450. The number of carbonyl (C=O) groups is 1. The molecule has 1 aromatic carbocycles. The molecule has 1 aromatic rings. The maximum atomic E-state index is 12.9. The summed E-state index contributed by atoms with van der Waals surface area (Å²) in [5, 5.41) is 0. The second kappa shape index (κ2) is 3.98. The summed E-state index contributed by atoms with van der Waals surface area (Å²) in [6.07, 6.45) is 0.416. The summed E-state index contributed by atoms with van der Waals surface area (Å²) >= 11 is 1.85. The van der Waals surface area contributed by atoms with Crippen molar-refractivity contribution in [2.45, 2.75) is 13.3 Å². The minimum atomic E-state index is -0.324. The van der Waals surface area contributed by atoms with E-state index in [1.165, 1.54) is 6.07 Å².